The predicted molar refractivity (Wildman–Crippen MR) is 59.2 cm³/mol. The third kappa shape index (κ3) is 4.08. The van der Waals surface area contributed by atoms with Crippen LogP contribution in [0.5, 0.6) is 0 Å². The molecule has 0 aliphatic heterocycles. The van der Waals surface area contributed by atoms with E-state index in [0.29, 0.717) is 6.61 Å². The Morgan fingerprint density at radius 3 is 2.94 bits per heavy atom. The molecule has 6 heteroatoms. The largest absolute Gasteiger partial charge is 0.382 e. The molecule has 1 aromatic heterocycles. The number of pyridine rings is 1. The third-order valence-corrected chi connectivity index (χ3v) is 2.18. The van der Waals surface area contributed by atoms with Crippen LogP contribution in [0.25, 0.3) is 0 Å². The van der Waals surface area contributed by atoms with Crippen molar-refractivity contribution >= 4 is 5.91 Å². The molecule has 1 amide bonds. The minimum atomic E-state index is -0.786. The first kappa shape index (κ1) is 13.5. The lowest BCUT2D eigenvalue weighted by Crippen LogP contribution is -2.36. The van der Waals surface area contributed by atoms with Crippen LogP contribution in [0.4, 0.5) is 4.39 Å². The summed E-state index contributed by atoms with van der Waals surface area (Å²) in [6.07, 6.45) is 1.03. The van der Waals surface area contributed by atoms with Crippen molar-refractivity contribution in [3.05, 3.63) is 29.8 Å². The van der Waals surface area contributed by atoms with E-state index in [2.05, 4.69) is 10.3 Å². The fourth-order valence-corrected chi connectivity index (χ4v) is 1.25. The van der Waals surface area contributed by atoms with Crippen LogP contribution in [0.2, 0.25) is 0 Å². The number of rotatable bonds is 6. The van der Waals surface area contributed by atoms with Gasteiger partial charge in [-0.3, -0.25) is 4.79 Å². The maximum absolute atomic E-state index is 13.2. The fourth-order valence-electron chi connectivity index (χ4n) is 1.25. The molecule has 0 saturated carbocycles. The van der Waals surface area contributed by atoms with E-state index < -0.39 is 11.9 Å². The molecule has 0 aliphatic rings. The standard InChI is InChI=1S/C11H15FN2O3/c1-16-7-8(17-2)6-14-11(15)9-4-3-5-13-10(9)12/h3-5,8H,6-7H2,1-2H3,(H,14,15). The highest BCUT2D eigenvalue weighted by molar-refractivity contribution is 5.94. The Labute approximate surface area is 98.9 Å². The normalized spacial score (nSPS) is 12.2. The highest BCUT2D eigenvalue weighted by atomic mass is 19.1. The summed E-state index contributed by atoms with van der Waals surface area (Å²) >= 11 is 0. The molecule has 0 bridgehead atoms. The van der Waals surface area contributed by atoms with Gasteiger partial charge < -0.3 is 14.8 Å². The lowest BCUT2D eigenvalue weighted by molar-refractivity contribution is 0.0285. The molecule has 1 unspecified atom stereocenters. The van der Waals surface area contributed by atoms with Crippen LogP contribution in [-0.4, -0.2) is 44.4 Å². The van der Waals surface area contributed by atoms with E-state index in [1.54, 1.807) is 0 Å². The third-order valence-electron chi connectivity index (χ3n) is 2.18. The van der Waals surface area contributed by atoms with Crippen LogP contribution in [-0.2, 0) is 9.47 Å². The molecule has 0 radical (unpaired) electrons. The smallest absolute Gasteiger partial charge is 0.256 e. The lowest BCUT2D eigenvalue weighted by atomic mass is 10.2. The summed E-state index contributed by atoms with van der Waals surface area (Å²) in [6.45, 7) is 0.601. The second-order valence-electron chi connectivity index (χ2n) is 3.36. The predicted octanol–water partition coefficient (Wildman–Crippen LogP) is 0.612. The Hall–Kier alpha value is -1.53. The number of amides is 1. The average molecular weight is 242 g/mol. The van der Waals surface area contributed by atoms with Crippen molar-refractivity contribution in [2.24, 2.45) is 0 Å². The highest BCUT2D eigenvalue weighted by Crippen LogP contribution is 2.02. The number of hydrogen-bond acceptors (Lipinski definition) is 4. The van der Waals surface area contributed by atoms with Gasteiger partial charge in [-0.15, -0.1) is 0 Å². The summed E-state index contributed by atoms with van der Waals surface area (Å²) in [6, 6.07) is 2.87. The molecule has 5 nitrogen and oxygen atoms in total. The summed E-state index contributed by atoms with van der Waals surface area (Å²) in [4.78, 5) is 15.0. The second kappa shape index (κ2) is 6.93. The van der Waals surface area contributed by atoms with Gasteiger partial charge in [-0.05, 0) is 12.1 Å². The topological polar surface area (TPSA) is 60.5 Å². The van der Waals surface area contributed by atoms with Crippen LogP contribution in [0.1, 0.15) is 10.4 Å². The van der Waals surface area contributed by atoms with Gasteiger partial charge in [0.05, 0.1) is 18.3 Å². The van der Waals surface area contributed by atoms with Crippen LogP contribution in [0.15, 0.2) is 18.3 Å². The van der Waals surface area contributed by atoms with Crippen LogP contribution in [0, 0.1) is 5.95 Å². The Bertz CT molecular complexity index is 373. The molecule has 94 valence electrons. The number of carbonyl (C=O) groups excluding carboxylic acids is 1. The minimum Gasteiger partial charge on any atom is -0.382 e. The van der Waals surface area contributed by atoms with Gasteiger partial charge in [-0.25, -0.2) is 4.98 Å². The molecule has 0 fully saturated rings. The van der Waals surface area contributed by atoms with E-state index in [0.717, 1.165) is 0 Å². The van der Waals surface area contributed by atoms with Crippen molar-refractivity contribution < 1.29 is 18.7 Å². The van der Waals surface area contributed by atoms with Gasteiger partial charge in [-0.1, -0.05) is 0 Å². The molecular formula is C11H15FN2O3. The summed E-state index contributed by atoms with van der Waals surface area (Å²) in [5.74, 6) is -1.31. The number of ether oxygens (including phenoxy) is 2. The van der Waals surface area contributed by atoms with Gasteiger partial charge in [-0.2, -0.15) is 4.39 Å². The maximum atomic E-state index is 13.2. The first-order chi connectivity index (χ1) is 8.19. The Morgan fingerprint density at radius 2 is 2.35 bits per heavy atom. The Kier molecular flexibility index (Phi) is 5.51. The van der Waals surface area contributed by atoms with Crippen molar-refractivity contribution in [2.45, 2.75) is 6.10 Å². The van der Waals surface area contributed by atoms with E-state index in [-0.39, 0.29) is 18.2 Å². The van der Waals surface area contributed by atoms with E-state index in [9.17, 15) is 9.18 Å². The average Bonchev–Trinajstić information content (AvgIpc) is 2.34. The van der Waals surface area contributed by atoms with Crippen LogP contribution in [0.3, 0.4) is 0 Å². The molecular weight excluding hydrogens is 227 g/mol. The quantitative estimate of drug-likeness (QED) is 0.742. The summed E-state index contributed by atoms with van der Waals surface area (Å²) in [5.41, 5.74) is -0.0835. The molecule has 1 atom stereocenters. The second-order valence-corrected chi connectivity index (χ2v) is 3.36. The maximum Gasteiger partial charge on any atom is 0.256 e. The SMILES string of the molecule is COCC(CNC(=O)c1cccnc1F)OC. The first-order valence-corrected chi connectivity index (χ1v) is 5.09. The number of hydrogen-bond donors (Lipinski definition) is 1. The summed E-state index contributed by atoms with van der Waals surface area (Å²) in [7, 11) is 3.05. The number of halogens is 1. The number of nitrogens with zero attached hydrogens (tertiary/aromatic N) is 1. The van der Waals surface area contributed by atoms with E-state index in [1.165, 1.54) is 32.5 Å². The van der Waals surface area contributed by atoms with Gasteiger partial charge in [0.1, 0.15) is 0 Å². The molecule has 0 saturated heterocycles. The molecule has 1 aromatic rings. The first-order valence-electron chi connectivity index (χ1n) is 5.09. The van der Waals surface area contributed by atoms with Crippen molar-refractivity contribution in [2.75, 3.05) is 27.4 Å². The van der Waals surface area contributed by atoms with E-state index in [1.807, 2.05) is 0 Å². The van der Waals surface area contributed by atoms with Crippen molar-refractivity contribution in [3.63, 3.8) is 0 Å². The van der Waals surface area contributed by atoms with Gasteiger partial charge in [0, 0.05) is 27.0 Å². The van der Waals surface area contributed by atoms with Gasteiger partial charge >= 0.3 is 0 Å². The molecule has 1 heterocycles. The van der Waals surface area contributed by atoms with E-state index in [4.69, 9.17) is 9.47 Å². The number of nitrogens with one attached hydrogen (secondary N) is 1. The van der Waals surface area contributed by atoms with Gasteiger partial charge in [0.25, 0.3) is 5.91 Å². The van der Waals surface area contributed by atoms with Crippen molar-refractivity contribution in [3.8, 4) is 0 Å². The molecule has 0 aliphatic carbocycles. The van der Waals surface area contributed by atoms with Crippen molar-refractivity contribution in [1.82, 2.24) is 10.3 Å². The molecule has 1 rings (SSSR count). The zero-order valence-corrected chi connectivity index (χ0v) is 9.77. The highest BCUT2D eigenvalue weighted by Gasteiger charge is 2.14. The molecule has 0 aromatic carbocycles. The Balaban J connectivity index is 2.52. The zero-order valence-electron chi connectivity index (χ0n) is 9.77. The number of carbonyl (C=O) groups is 1. The molecule has 17 heavy (non-hydrogen) atoms. The zero-order chi connectivity index (χ0) is 12.7. The van der Waals surface area contributed by atoms with Gasteiger partial charge in [0.15, 0.2) is 0 Å². The fraction of sp³-hybridized carbons (Fsp3) is 0.455. The Morgan fingerprint density at radius 1 is 1.59 bits per heavy atom. The lowest BCUT2D eigenvalue weighted by Gasteiger charge is -2.14. The molecule has 1 N–H and O–H groups in total. The van der Waals surface area contributed by atoms with Crippen molar-refractivity contribution in [1.29, 1.82) is 0 Å². The van der Waals surface area contributed by atoms with E-state index >= 15 is 0 Å². The van der Waals surface area contributed by atoms with Gasteiger partial charge in [0.2, 0.25) is 5.95 Å². The number of methoxy groups -OCH3 is 2. The van der Waals surface area contributed by atoms with Crippen LogP contribution >= 0.6 is 0 Å². The van der Waals surface area contributed by atoms with Crippen LogP contribution < -0.4 is 5.32 Å². The summed E-state index contributed by atoms with van der Waals surface area (Å²) < 4.78 is 23.1. The minimum absolute atomic E-state index is 0.0835. The number of aromatic nitrogens is 1. The molecule has 0 spiro atoms. The monoisotopic (exact) mass is 242 g/mol. The summed E-state index contributed by atoms with van der Waals surface area (Å²) in [5, 5.41) is 2.55.